The first kappa shape index (κ1) is 12.8. The van der Waals surface area contributed by atoms with Gasteiger partial charge in [-0.25, -0.2) is 0 Å². The molecule has 0 bridgehead atoms. The number of nitro groups is 1. The maximum Gasteiger partial charge on any atom is 0.292 e. The van der Waals surface area contributed by atoms with Gasteiger partial charge in [-0.2, -0.15) is 0 Å². The molecule has 2 rings (SSSR count). The summed E-state index contributed by atoms with van der Waals surface area (Å²) in [6.45, 7) is 1.22. The molecule has 1 heterocycles. The summed E-state index contributed by atoms with van der Waals surface area (Å²) in [6, 6.07) is 4.81. The van der Waals surface area contributed by atoms with E-state index in [4.69, 9.17) is 9.84 Å². The molecule has 1 aliphatic rings. The van der Waals surface area contributed by atoms with E-state index in [2.05, 4.69) is 5.32 Å². The van der Waals surface area contributed by atoms with Crippen LogP contribution >= 0.6 is 0 Å². The smallest absolute Gasteiger partial charge is 0.292 e. The van der Waals surface area contributed by atoms with Crippen molar-refractivity contribution in [3.8, 4) is 0 Å². The number of hydrogen-bond acceptors (Lipinski definition) is 5. The minimum Gasteiger partial charge on any atom is -0.392 e. The number of benzene rings is 1. The Hall–Kier alpha value is -1.66. The molecular formula is C12H16N2O4. The first-order chi connectivity index (χ1) is 8.70. The van der Waals surface area contributed by atoms with Gasteiger partial charge in [0.25, 0.3) is 5.69 Å². The van der Waals surface area contributed by atoms with Crippen molar-refractivity contribution in [2.24, 2.45) is 0 Å². The molecule has 0 aromatic heterocycles. The Labute approximate surface area is 105 Å². The number of aliphatic hydroxyl groups is 1. The fourth-order valence-corrected chi connectivity index (χ4v) is 2.02. The van der Waals surface area contributed by atoms with E-state index in [0.717, 1.165) is 12.8 Å². The minimum absolute atomic E-state index is 0.0405. The number of aliphatic hydroxyl groups excluding tert-OH is 1. The molecule has 0 saturated carbocycles. The van der Waals surface area contributed by atoms with Crippen molar-refractivity contribution in [1.29, 1.82) is 0 Å². The van der Waals surface area contributed by atoms with E-state index in [1.165, 1.54) is 6.07 Å². The van der Waals surface area contributed by atoms with E-state index in [0.29, 0.717) is 24.5 Å². The highest BCUT2D eigenvalue weighted by Crippen LogP contribution is 2.27. The van der Waals surface area contributed by atoms with Crippen LogP contribution in [-0.4, -0.2) is 29.3 Å². The molecule has 0 unspecified atom stereocenters. The Morgan fingerprint density at radius 3 is 2.78 bits per heavy atom. The van der Waals surface area contributed by atoms with Crippen molar-refractivity contribution in [1.82, 2.24) is 0 Å². The van der Waals surface area contributed by atoms with Gasteiger partial charge in [0.2, 0.25) is 0 Å². The number of ether oxygens (including phenoxy) is 1. The largest absolute Gasteiger partial charge is 0.392 e. The van der Waals surface area contributed by atoms with Crippen LogP contribution in [0.5, 0.6) is 0 Å². The maximum atomic E-state index is 10.9. The van der Waals surface area contributed by atoms with Crippen molar-refractivity contribution >= 4 is 11.4 Å². The highest BCUT2D eigenvalue weighted by atomic mass is 16.6. The third kappa shape index (κ3) is 2.96. The zero-order chi connectivity index (χ0) is 13.0. The van der Waals surface area contributed by atoms with Crippen LogP contribution in [0.4, 0.5) is 11.4 Å². The van der Waals surface area contributed by atoms with Crippen molar-refractivity contribution < 1.29 is 14.8 Å². The van der Waals surface area contributed by atoms with Gasteiger partial charge >= 0.3 is 0 Å². The Balaban J connectivity index is 2.19. The van der Waals surface area contributed by atoms with Gasteiger partial charge < -0.3 is 15.2 Å². The summed E-state index contributed by atoms with van der Waals surface area (Å²) in [6.07, 6.45) is 1.67. The molecule has 6 heteroatoms. The number of nitrogens with one attached hydrogen (secondary N) is 1. The average Bonchev–Trinajstić information content (AvgIpc) is 2.39. The third-order valence-electron chi connectivity index (χ3n) is 3.02. The second-order valence-corrected chi connectivity index (χ2v) is 4.30. The SMILES string of the molecule is O=[N+]([O-])c1ccc(CO)cc1NC1CCOCC1. The van der Waals surface area contributed by atoms with Gasteiger partial charge in [0.05, 0.1) is 11.5 Å². The summed E-state index contributed by atoms with van der Waals surface area (Å²) in [7, 11) is 0. The van der Waals surface area contributed by atoms with Crippen LogP contribution < -0.4 is 5.32 Å². The second kappa shape index (κ2) is 5.79. The second-order valence-electron chi connectivity index (χ2n) is 4.30. The van der Waals surface area contributed by atoms with Crippen LogP contribution in [0.3, 0.4) is 0 Å². The summed E-state index contributed by atoms with van der Waals surface area (Å²) >= 11 is 0. The van der Waals surface area contributed by atoms with Crippen molar-refractivity contribution in [3.63, 3.8) is 0 Å². The average molecular weight is 252 g/mol. The Kier molecular flexibility index (Phi) is 4.11. The zero-order valence-electron chi connectivity index (χ0n) is 9.96. The standard InChI is InChI=1S/C12H16N2O4/c15-8-9-1-2-12(14(16)17)11(7-9)13-10-3-5-18-6-4-10/h1-2,7,10,13,15H,3-6,8H2. The number of hydrogen-bond donors (Lipinski definition) is 2. The molecule has 98 valence electrons. The molecule has 0 atom stereocenters. The first-order valence-electron chi connectivity index (χ1n) is 5.93. The van der Waals surface area contributed by atoms with Gasteiger partial charge in [-0.1, -0.05) is 0 Å². The minimum atomic E-state index is -0.414. The van der Waals surface area contributed by atoms with Crippen molar-refractivity contribution in [3.05, 3.63) is 33.9 Å². The van der Waals surface area contributed by atoms with Crippen LogP contribution in [0.2, 0.25) is 0 Å². The summed E-state index contributed by atoms with van der Waals surface area (Å²) in [4.78, 5) is 10.5. The number of nitrogens with zero attached hydrogens (tertiary/aromatic N) is 1. The predicted molar refractivity (Wildman–Crippen MR) is 66.5 cm³/mol. The Morgan fingerprint density at radius 1 is 1.44 bits per heavy atom. The van der Waals surface area contributed by atoms with Gasteiger partial charge in [-0.15, -0.1) is 0 Å². The number of anilines is 1. The van der Waals surface area contributed by atoms with Gasteiger partial charge in [0.1, 0.15) is 5.69 Å². The monoisotopic (exact) mass is 252 g/mol. The topological polar surface area (TPSA) is 84.6 Å². The molecule has 0 radical (unpaired) electrons. The van der Waals surface area contributed by atoms with E-state index in [1.54, 1.807) is 12.1 Å². The summed E-state index contributed by atoms with van der Waals surface area (Å²) in [5.74, 6) is 0. The van der Waals surface area contributed by atoms with E-state index >= 15 is 0 Å². The lowest BCUT2D eigenvalue weighted by Crippen LogP contribution is -2.28. The Morgan fingerprint density at radius 2 is 2.17 bits per heavy atom. The van der Waals surface area contributed by atoms with Gasteiger partial charge in [-0.05, 0) is 30.5 Å². The molecule has 1 aliphatic heterocycles. The molecule has 18 heavy (non-hydrogen) atoms. The summed E-state index contributed by atoms with van der Waals surface area (Å²) in [5, 5.41) is 23.2. The van der Waals surface area contributed by atoms with E-state index in [-0.39, 0.29) is 18.3 Å². The fourth-order valence-electron chi connectivity index (χ4n) is 2.02. The van der Waals surface area contributed by atoms with Crippen LogP contribution in [0.1, 0.15) is 18.4 Å². The van der Waals surface area contributed by atoms with Crippen LogP contribution in [-0.2, 0) is 11.3 Å². The molecule has 0 aliphatic carbocycles. The molecule has 0 amide bonds. The van der Waals surface area contributed by atoms with E-state index in [9.17, 15) is 10.1 Å². The summed E-state index contributed by atoms with van der Waals surface area (Å²) in [5.41, 5.74) is 1.17. The normalized spacial score (nSPS) is 16.5. The quantitative estimate of drug-likeness (QED) is 0.629. The molecule has 1 fully saturated rings. The van der Waals surface area contributed by atoms with E-state index < -0.39 is 4.92 Å². The van der Waals surface area contributed by atoms with Crippen LogP contribution in [0.25, 0.3) is 0 Å². The molecule has 1 saturated heterocycles. The lowest BCUT2D eigenvalue weighted by atomic mass is 10.1. The third-order valence-corrected chi connectivity index (χ3v) is 3.02. The predicted octanol–water partition coefficient (Wildman–Crippen LogP) is 1.68. The van der Waals surface area contributed by atoms with Crippen molar-refractivity contribution in [2.45, 2.75) is 25.5 Å². The van der Waals surface area contributed by atoms with Crippen LogP contribution in [0.15, 0.2) is 18.2 Å². The van der Waals surface area contributed by atoms with Gasteiger partial charge in [-0.3, -0.25) is 10.1 Å². The van der Waals surface area contributed by atoms with Gasteiger partial charge in [0, 0.05) is 25.3 Å². The molecule has 1 aromatic rings. The highest BCUT2D eigenvalue weighted by molar-refractivity contribution is 5.63. The molecule has 6 nitrogen and oxygen atoms in total. The lowest BCUT2D eigenvalue weighted by Gasteiger charge is -2.24. The highest BCUT2D eigenvalue weighted by Gasteiger charge is 2.19. The number of nitro benzene ring substituents is 1. The maximum absolute atomic E-state index is 10.9. The first-order valence-corrected chi connectivity index (χ1v) is 5.93. The number of rotatable bonds is 4. The van der Waals surface area contributed by atoms with Gasteiger partial charge in [0.15, 0.2) is 0 Å². The lowest BCUT2D eigenvalue weighted by molar-refractivity contribution is -0.384. The molecule has 1 aromatic carbocycles. The molecule has 0 spiro atoms. The zero-order valence-corrected chi connectivity index (χ0v) is 9.96. The Bertz CT molecular complexity index is 430. The molecule has 2 N–H and O–H groups in total. The van der Waals surface area contributed by atoms with E-state index in [1.807, 2.05) is 0 Å². The van der Waals surface area contributed by atoms with Crippen molar-refractivity contribution in [2.75, 3.05) is 18.5 Å². The van der Waals surface area contributed by atoms with Crippen LogP contribution in [0, 0.1) is 10.1 Å². The fraction of sp³-hybridized carbons (Fsp3) is 0.500. The summed E-state index contributed by atoms with van der Waals surface area (Å²) < 4.78 is 5.25. The molecular weight excluding hydrogens is 236 g/mol.